The Kier molecular flexibility index (Phi) is 4.02. The molecule has 16 heavy (non-hydrogen) atoms. The van der Waals surface area contributed by atoms with E-state index >= 15 is 0 Å². The van der Waals surface area contributed by atoms with Crippen molar-refractivity contribution in [3.63, 3.8) is 0 Å². The highest BCUT2D eigenvalue weighted by atomic mass is 35.5. The summed E-state index contributed by atoms with van der Waals surface area (Å²) in [5.41, 5.74) is 0.775. The van der Waals surface area contributed by atoms with Crippen molar-refractivity contribution < 1.29 is 4.39 Å². The van der Waals surface area contributed by atoms with Crippen LogP contribution in [0.15, 0.2) is 18.2 Å². The summed E-state index contributed by atoms with van der Waals surface area (Å²) in [6, 6.07) is 4.99. The maximum Gasteiger partial charge on any atom is 0.126 e. The Labute approximate surface area is 100 Å². The minimum absolute atomic E-state index is 0.290. The second-order valence-electron chi connectivity index (χ2n) is 4.18. The Morgan fingerprint density at radius 3 is 2.94 bits per heavy atom. The summed E-state index contributed by atoms with van der Waals surface area (Å²) in [5, 5.41) is 7.12. The molecule has 0 aromatic heterocycles. The lowest BCUT2D eigenvalue weighted by atomic mass is 10.1. The molecule has 0 saturated carbocycles. The van der Waals surface area contributed by atoms with Crippen LogP contribution in [0.5, 0.6) is 0 Å². The first-order chi connectivity index (χ1) is 7.74. The van der Waals surface area contributed by atoms with E-state index in [1.807, 2.05) is 0 Å². The minimum atomic E-state index is -0.290. The molecule has 1 aromatic carbocycles. The highest BCUT2D eigenvalue weighted by molar-refractivity contribution is 6.30. The third kappa shape index (κ3) is 3.35. The smallest absolute Gasteiger partial charge is 0.126 e. The topological polar surface area (TPSA) is 24.1 Å². The molecular weight excluding hydrogens is 227 g/mol. The zero-order valence-corrected chi connectivity index (χ0v) is 9.86. The number of anilines is 1. The summed E-state index contributed by atoms with van der Waals surface area (Å²) < 4.78 is 13.1. The SMILES string of the molecule is Fc1cc(Cl)cc(NC2CCCNCC2)c1. The quantitative estimate of drug-likeness (QED) is 0.833. The standard InChI is InChI=1S/C12H16ClFN2/c13-9-6-10(14)8-12(7-9)16-11-2-1-4-15-5-3-11/h6-8,11,15-16H,1-5H2. The first-order valence-electron chi connectivity index (χ1n) is 5.67. The summed E-state index contributed by atoms with van der Waals surface area (Å²) in [6.07, 6.45) is 3.33. The van der Waals surface area contributed by atoms with Crippen molar-refractivity contribution in [3.8, 4) is 0 Å². The van der Waals surface area contributed by atoms with Crippen molar-refractivity contribution in [3.05, 3.63) is 29.0 Å². The zero-order valence-electron chi connectivity index (χ0n) is 9.10. The maximum atomic E-state index is 13.1. The summed E-state index contributed by atoms with van der Waals surface area (Å²) in [6.45, 7) is 2.09. The Bertz CT molecular complexity index is 329. The monoisotopic (exact) mass is 242 g/mol. The van der Waals surface area contributed by atoms with E-state index in [0.717, 1.165) is 38.0 Å². The number of rotatable bonds is 2. The largest absolute Gasteiger partial charge is 0.382 e. The molecule has 2 N–H and O–H groups in total. The van der Waals surface area contributed by atoms with Crippen LogP contribution in [0, 0.1) is 5.82 Å². The summed E-state index contributed by atoms with van der Waals surface area (Å²) >= 11 is 5.81. The van der Waals surface area contributed by atoms with Gasteiger partial charge in [0.15, 0.2) is 0 Å². The number of benzene rings is 1. The first kappa shape index (κ1) is 11.7. The molecule has 1 unspecified atom stereocenters. The molecular formula is C12H16ClFN2. The maximum absolute atomic E-state index is 13.1. The molecule has 1 saturated heterocycles. The van der Waals surface area contributed by atoms with Gasteiger partial charge in [-0.1, -0.05) is 11.6 Å². The molecule has 0 aliphatic carbocycles. The van der Waals surface area contributed by atoms with Gasteiger partial charge >= 0.3 is 0 Å². The van der Waals surface area contributed by atoms with Crippen LogP contribution < -0.4 is 10.6 Å². The lowest BCUT2D eigenvalue weighted by Crippen LogP contribution is -2.21. The number of hydrogen-bond acceptors (Lipinski definition) is 2. The summed E-state index contributed by atoms with van der Waals surface area (Å²) in [4.78, 5) is 0. The average Bonchev–Trinajstić information content (AvgIpc) is 2.44. The highest BCUT2D eigenvalue weighted by Gasteiger charge is 2.11. The van der Waals surface area contributed by atoms with E-state index in [1.165, 1.54) is 12.1 Å². The fourth-order valence-electron chi connectivity index (χ4n) is 2.04. The van der Waals surface area contributed by atoms with Gasteiger partial charge in [-0.15, -0.1) is 0 Å². The fraction of sp³-hybridized carbons (Fsp3) is 0.500. The van der Waals surface area contributed by atoms with Gasteiger partial charge in [0, 0.05) is 16.8 Å². The molecule has 88 valence electrons. The molecule has 1 heterocycles. The molecule has 2 rings (SSSR count). The molecule has 2 nitrogen and oxygen atoms in total. The lowest BCUT2D eigenvalue weighted by molar-refractivity contribution is 0.621. The first-order valence-corrected chi connectivity index (χ1v) is 6.05. The van der Waals surface area contributed by atoms with Gasteiger partial charge in [-0.05, 0) is 50.6 Å². The van der Waals surface area contributed by atoms with Crippen molar-refractivity contribution in [1.29, 1.82) is 0 Å². The normalized spacial score (nSPS) is 21.5. The van der Waals surface area contributed by atoms with Crippen LogP contribution in [0.2, 0.25) is 5.02 Å². The Morgan fingerprint density at radius 1 is 1.25 bits per heavy atom. The van der Waals surface area contributed by atoms with E-state index in [4.69, 9.17) is 11.6 Å². The molecule has 1 aliphatic rings. The van der Waals surface area contributed by atoms with Gasteiger partial charge < -0.3 is 10.6 Å². The Morgan fingerprint density at radius 2 is 2.12 bits per heavy atom. The van der Waals surface area contributed by atoms with Gasteiger partial charge in [-0.25, -0.2) is 4.39 Å². The predicted octanol–water partition coefficient (Wildman–Crippen LogP) is 3.03. The summed E-state index contributed by atoms with van der Waals surface area (Å²) in [5.74, 6) is -0.290. The Hall–Kier alpha value is -0.800. The van der Waals surface area contributed by atoms with Crippen molar-refractivity contribution >= 4 is 17.3 Å². The zero-order chi connectivity index (χ0) is 11.4. The molecule has 0 spiro atoms. The van der Waals surface area contributed by atoms with E-state index in [9.17, 15) is 4.39 Å². The molecule has 1 fully saturated rings. The average molecular weight is 243 g/mol. The van der Waals surface area contributed by atoms with Gasteiger partial charge in [0.1, 0.15) is 5.82 Å². The van der Waals surface area contributed by atoms with Gasteiger partial charge in [0.2, 0.25) is 0 Å². The number of halogens is 2. The molecule has 0 amide bonds. The third-order valence-electron chi connectivity index (χ3n) is 2.81. The van der Waals surface area contributed by atoms with E-state index in [2.05, 4.69) is 10.6 Å². The second-order valence-corrected chi connectivity index (χ2v) is 4.62. The second kappa shape index (κ2) is 5.51. The molecule has 0 bridgehead atoms. The van der Waals surface area contributed by atoms with Crippen molar-refractivity contribution in [2.75, 3.05) is 18.4 Å². The molecule has 0 radical (unpaired) electrons. The van der Waals surface area contributed by atoms with Gasteiger partial charge in [0.05, 0.1) is 0 Å². The van der Waals surface area contributed by atoms with Gasteiger partial charge in [-0.2, -0.15) is 0 Å². The van der Waals surface area contributed by atoms with Crippen LogP contribution in [0.1, 0.15) is 19.3 Å². The van der Waals surface area contributed by atoms with E-state index in [1.54, 1.807) is 6.07 Å². The van der Waals surface area contributed by atoms with Crippen LogP contribution in [0.3, 0.4) is 0 Å². The lowest BCUT2D eigenvalue weighted by Gasteiger charge is -2.17. The number of nitrogens with one attached hydrogen (secondary N) is 2. The van der Waals surface area contributed by atoms with Crippen LogP contribution in [-0.2, 0) is 0 Å². The Balaban J connectivity index is 2.01. The van der Waals surface area contributed by atoms with Crippen molar-refractivity contribution in [2.24, 2.45) is 0 Å². The van der Waals surface area contributed by atoms with E-state index in [-0.39, 0.29) is 5.82 Å². The fourth-order valence-corrected chi connectivity index (χ4v) is 2.26. The summed E-state index contributed by atoms with van der Waals surface area (Å²) in [7, 11) is 0. The third-order valence-corrected chi connectivity index (χ3v) is 3.03. The molecule has 1 aromatic rings. The molecule has 1 aliphatic heterocycles. The van der Waals surface area contributed by atoms with Crippen LogP contribution in [0.25, 0.3) is 0 Å². The minimum Gasteiger partial charge on any atom is -0.382 e. The van der Waals surface area contributed by atoms with Crippen molar-refractivity contribution in [1.82, 2.24) is 5.32 Å². The van der Waals surface area contributed by atoms with Crippen molar-refractivity contribution in [2.45, 2.75) is 25.3 Å². The van der Waals surface area contributed by atoms with Crippen LogP contribution in [-0.4, -0.2) is 19.1 Å². The van der Waals surface area contributed by atoms with Gasteiger partial charge in [0.25, 0.3) is 0 Å². The predicted molar refractivity (Wildman–Crippen MR) is 65.5 cm³/mol. The molecule has 1 atom stereocenters. The van der Waals surface area contributed by atoms with E-state index < -0.39 is 0 Å². The molecule has 4 heteroatoms. The van der Waals surface area contributed by atoms with Crippen LogP contribution >= 0.6 is 11.6 Å². The van der Waals surface area contributed by atoms with Crippen LogP contribution in [0.4, 0.5) is 10.1 Å². The van der Waals surface area contributed by atoms with Gasteiger partial charge in [-0.3, -0.25) is 0 Å². The highest BCUT2D eigenvalue weighted by Crippen LogP contribution is 2.20. The number of hydrogen-bond donors (Lipinski definition) is 2. The van der Waals surface area contributed by atoms with E-state index in [0.29, 0.717) is 11.1 Å².